The number of pyridine rings is 1. The van der Waals surface area contributed by atoms with Gasteiger partial charge in [0.1, 0.15) is 23.5 Å². The Balaban J connectivity index is 2.44. The maximum absolute atomic E-state index is 13.6. The standard InChI is InChI=1S/C13H11F2NO2/c1-18-12-7-16-5-4-10(12)13(17)9-3-2-8(14)6-11(9)15/h2-7,13,17H,1H3. The van der Waals surface area contributed by atoms with Gasteiger partial charge in [0.15, 0.2) is 0 Å². The summed E-state index contributed by atoms with van der Waals surface area (Å²) in [6.45, 7) is 0. The topological polar surface area (TPSA) is 42.4 Å². The molecule has 0 radical (unpaired) electrons. The Morgan fingerprint density at radius 1 is 1.22 bits per heavy atom. The van der Waals surface area contributed by atoms with Gasteiger partial charge < -0.3 is 9.84 Å². The van der Waals surface area contributed by atoms with Gasteiger partial charge in [-0.3, -0.25) is 4.98 Å². The number of nitrogens with zero attached hydrogens (tertiary/aromatic N) is 1. The number of aliphatic hydroxyl groups is 1. The number of aliphatic hydroxyl groups excluding tert-OH is 1. The van der Waals surface area contributed by atoms with Crippen molar-refractivity contribution in [2.45, 2.75) is 6.10 Å². The first kappa shape index (κ1) is 12.4. The van der Waals surface area contributed by atoms with Gasteiger partial charge in [-0.2, -0.15) is 0 Å². The van der Waals surface area contributed by atoms with Crippen molar-refractivity contribution >= 4 is 0 Å². The average molecular weight is 251 g/mol. The molecule has 1 unspecified atom stereocenters. The molecule has 18 heavy (non-hydrogen) atoms. The van der Waals surface area contributed by atoms with Crippen LogP contribution in [-0.4, -0.2) is 17.2 Å². The molecule has 0 aliphatic carbocycles. The lowest BCUT2D eigenvalue weighted by atomic mass is 10.0. The van der Waals surface area contributed by atoms with Crippen molar-refractivity contribution in [1.82, 2.24) is 4.98 Å². The van der Waals surface area contributed by atoms with Crippen molar-refractivity contribution in [2.24, 2.45) is 0 Å². The van der Waals surface area contributed by atoms with Gasteiger partial charge in [-0.05, 0) is 12.1 Å². The first-order valence-corrected chi connectivity index (χ1v) is 5.24. The number of aromatic nitrogens is 1. The highest BCUT2D eigenvalue weighted by Crippen LogP contribution is 2.30. The normalized spacial score (nSPS) is 12.2. The second-order valence-corrected chi connectivity index (χ2v) is 3.69. The largest absolute Gasteiger partial charge is 0.495 e. The molecule has 1 heterocycles. The Kier molecular flexibility index (Phi) is 3.53. The van der Waals surface area contributed by atoms with Crippen molar-refractivity contribution in [2.75, 3.05) is 7.11 Å². The van der Waals surface area contributed by atoms with Crippen molar-refractivity contribution in [3.63, 3.8) is 0 Å². The Morgan fingerprint density at radius 2 is 2.00 bits per heavy atom. The van der Waals surface area contributed by atoms with Crippen LogP contribution in [0.3, 0.4) is 0 Å². The molecule has 0 amide bonds. The van der Waals surface area contributed by atoms with E-state index in [1.807, 2.05) is 0 Å². The molecule has 0 aliphatic rings. The lowest BCUT2D eigenvalue weighted by Gasteiger charge is -2.15. The van der Waals surface area contributed by atoms with Gasteiger partial charge in [0.05, 0.1) is 13.3 Å². The molecule has 0 saturated carbocycles. The number of benzene rings is 1. The van der Waals surface area contributed by atoms with Gasteiger partial charge in [0, 0.05) is 23.4 Å². The first-order valence-electron chi connectivity index (χ1n) is 5.24. The molecule has 1 atom stereocenters. The van der Waals surface area contributed by atoms with E-state index >= 15 is 0 Å². The summed E-state index contributed by atoms with van der Waals surface area (Å²) in [6.07, 6.45) is 1.64. The maximum Gasteiger partial charge on any atom is 0.143 e. The molecule has 2 rings (SSSR count). The molecular formula is C13H11F2NO2. The number of hydrogen-bond donors (Lipinski definition) is 1. The van der Waals surface area contributed by atoms with E-state index in [1.54, 1.807) is 0 Å². The fourth-order valence-corrected chi connectivity index (χ4v) is 1.68. The van der Waals surface area contributed by atoms with Crippen LogP contribution in [0.4, 0.5) is 8.78 Å². The van der Waals surface area contributed by atoms with Gasteiger partial charge in [-0.15, -0.1) is 0 Å². The molecule has 0 saturated heterocycles. The minimum atomic E-state index is -1.23. The SMILES string of the molecule is COc1cnccc1C(O)c1ccc(F)cc1F. The molecule has 0 fully saturated rings. The fraction of sp³-hybridized carbons (Fsp3) is 0.154. The van der Waals surface area contributed by atoms with E-state index in [1.165, 1.54) is 31.6 Å². The molecule has 1 aromatic carbocycles. The van der Waals surface area contributed by atoms with E-state index in [2.05, 4.69) is 4.98 Å². The van der Waals surface area contributed by atoms with E-state index < -0.39 is 17.7 Å². The van der Waals surface area contributed by atoms with Crippen molar-refractivity contribution in [3.8, 4) is 5.75 Å². The Hall–Kier alpha value is -2.01. The van der Waals surface area contributed by atoms with Crippen LogP contribution in [-0.2, 0) is 0 Å². The zero-order valence-corrected chi connectivity index (χ0v) is 9.60. The molecule has 5 heteroatoms. The third kappa shape index (κ3) is 2.31. The molecule has 3 nitrogen and oxygen atoms in total. The minimum Gasteiger partial charge on any atom is -0.495 e. The van der Waals surface area contributed by atoms with Gasteiger partial charge in [0.25, 0.3) is 0 Å². The van der Waals surface area contributed by atoms with Gasteiger partial charge >= 0.3 is 0 Å². The van der Waals surface area contributed by atoms with Crippen LogP contribution in [0.2, 0.25) is 0 Å². The maximum atomic E-state index is 13.6. The molecule has 0 spiro atoms. The fourth-order valence-electron chi connectivity index (χ4n) is 1.68. The highest BCUT2D eigenvalue weighted by molar-refractivity contribution is 5.38. The summed E-state index contributed by atoms with van der Waals surface area (Å²) in [5, 5.41) is 10.1. The van der Waals surface area contributed by atoms with Crippen molar-refractivity contribution in [3.05, 3.63) is 59.4 Å². The summed E-state index contributed by atoms with van der Waals surface area (Å²) in [5.74, 6) is -1.15. The molecule has 1 aromatic heterocycles. The summed E-state index contributed by atoms with van der Waals surface area (Å²) in [7, 11) is 1.42. The third-order valence-electron chi connectivity index (χ3n) is 2.59. The van der Waals surface area contributed by atoms with Gasteiger partial charge in [0.2, 0.25) is 0 Å². The summed E-state index contributed by atoms with van der Waals surface area (Å²) < 4.78 is 31.4. The first-order chi connectivity index (χ1) is 8.63. The monoisotopic (exact) mass is 251 g/mol. The average Bonchev–Trinajstić information content (AvgIpc) is 2.38. The molecule has 1 N–H and O–H groups in total. The Bertz CT molecular complexity index is 560. The van der Waals surface area contributed by atoms with Crippen molar-refractivity contribution < 1.29 is 18.6 Å². The molecule has 0 aliphatic heterocycles. The minimum absolute atomic E-state index is 0.0131. The summed E-state index contributed by atoms with van der Waals surface area (Å²) >= 11 is 0. The van der Waals surface area contributed by atoms with E-state index in [9.17, 15) is 13.9 Å². The number of methoxy groups -OCH3 is 1. The summed E-state index contributed by atoms with van der Waals surface area (Å²) in [5.41, 5.74) is 0.360. The number of ether oxygens (including phenoxy) is 1. The lowest BCUT2D eigenvalue weighted by molar-refractivity contribution is 0.209. The zero-order valence-electron chi connectivity index (χ0n) is 9.60. The summed E-state index contributed by atoms with van der Waals surface area (Å²) in [6, 6.07) is 4.54. The van der Waals surface area contributed by atoms with E-state index in [4.69, 9.17) is 4.74 Å². The quantitative estimate of drug-likeness (QED) is 0.911. The van der Waals surface area contributed by atoms with Crippen LogP contribution >= 0.6 is 0 Å². The summed E-state index contributed by atoms with van der Waals surface area (Å²) in [4.78, 5) is 3.84. The smallest absolute Gasteiger partial charge is 0.143 e. The lowest BCUT2D eigenvalue weighted by Crippen LogP contribution is -2.05. The van der Waals surface area contributed by atoms with E-state index in [-0.39, 0.29) is 5.56 Å². The molecule has 2 aromatic rings. The van der Waals surface area contributed by atoms with Gasteiger partial charge in [-0.25, -0.2) is 8.78 Å². The highest BCUT2D eigenvalue weighted by atomic mass is 19.1. The van der Waals surface area contributed by atoms with Crippen LogP contribution < -0.4 is 4.74 Å². The second-order valence-electron chi connectivity index (χ2n) is 3.69. The van der Waals surface area contributed by atoms with Crippen LogP contribution in [0.25, 0.3) is 0 Å². The van der Waals surface area contributed by atoms with Crippen LogP contribution in [0.15, 0.2) is 36.7 Å². The predicted molar refractivity (Wildman–Crippen MR) is 61.2 cm³/mol. The van der Waals surface area contributed by atoms with Crippen LogP contribution in [0, 0.1) is 11.6 Å². The zero-order chi connectivity index (χ0) is 13.1. The van der Waals surface area contributed by atoms with Crippen LogP contribution in [0.1, 0.15) is 17.2 Å². The molecule has 0 bridgehead atoms. The number of hydrogen-bond acceptors (Lipinski definition) is 3. The van der Waals surface area contributed by atoms with Crippen LogP contribution in [0.5, 0.6) is 5.75 Å². The Labute approximate surface area is 103 Å². The third-order valence-corrected chi connectivity index (χ3v) is 2.59. The number of rotatable bonds is 3. The predicted octanol–water partition coefficient (Wildman–Crippen LogP) is 2.45. The van der Waals surface area contributed by atoms with E-state index in [0.29, 0.717) is 11.3 Å². The van der Waals surface area contributed by atoms with Crippen molar-refractivity contribution in [1.29, 1.82) is 0 Å². The Morgan fingerprint density at radius 3 is 2.67 bits per heavy atom. The van der Waals surface area contributed by atoms with E-state index in [0.717, 1.165) is 12.1 Å². The second kappa shape index (κ2) is 5.10. The highest BCUT2D eigenvalue weighted by Gasteiger charge is 2.19. The molecular weight excluding hydrogens is 240 g/mol. The number of halogens is 2. The van der Waals surface area contributed by atoms with Gasteiger partial charge in [-0.1, -0.05) is 6.07 Å². The molecule has 94 valence electrons.